The molecule has 140 valence electrons. The molecule has 0 radical (unpaired) electrons. The summed E-state index contributed by atoms with van der Waals surface area (Å²) in [6, 6.07) is 2.26. The number of rotatable bonds is 6. The number of carbonyl (C=O) groups is 1. The predicted molar refractivity (Wildman–Crippen MR) is 97.8 cm³/mol. The molecule has 0 spiro atoms. The fraction of sp³-hybridized carbons (Fsp3) is 0.526. The van der Waals surface area contributed by atoms with Crippen molar-refractivity contribution in [2.24, 2.45) is 0 Å². The quantitative estimate of drug-likeness (QED) is 0.823. The number of hydrogen-bond acceptors (Lipinski definition) is 5. The molecule has 0 fully saturated rings. The molecule has 1 atom stereocenters. The van der Waals surface area contributed by atoms with Gasteiger partial charge in [0, 0.05) is 41.6 Å². The molecule has 2 heterocycles. The monoisotopic (exact) mass is 358 g/mol. The van der Waals surface area contributed by atoms with Crippen molar-refractivity contribution >= 4 is 5.97 Å². The number of hydrogen-bond donors (Lipinski definition) is 2. The molecule has 0 saturated heterocycles. The van der Waals surface area contributed by atoms with Gasteiger partial charge in [-0.2, -0.15) is 5.10 Å². The highest BCUT2D eigenvalue weighted by molar-refractivity contribution is 5.87. The van der Waals surface area contributed by atoms with Crippen LogP contribution in [0.15, 0.2) is 6.07 Å². The van der Waals surface area contributed by atoms with Gasteiger partial charge in [0.1, 0.15) is 0 Å². The van der Waals surface area contributed by atoms with Gasteiger partial charge in [-0.05, 0) is 51.7 Å². The Bertz CT molecular complexity index is 829. The normalized spacial score (nSPS) is 16.4. The Morgan fingerprint density at radius 3 is 2.88 bits per heavy atom. The third-order valence-corrected chi connectivity index (χ3v) is 5.05. The molecule has 0 aromatic carbocycles. The molecule has 1 aliphatic rings. The average molecular weight is 358 g/mol. The van der Waals surface area contributed by atoms with Crippen molar-refractivity contribution in [2.45, 2.75) is 59.2 Å². The third-order valence-electron chi connectivity index (χ3n) is 5.05. The Morgan fingerprint density at radius 2 is 2.23 bits per heavy atom. The summed E-state index contributed by atoms with van der Waals surface area (Å²) in [4.78, 5) is 16.0. The zero-order chi connectivity index (χ0) is 18.8. The molecular formula is C19H26N4O3. The number of aromatic nitrogens is 3. The Hall–Kier alpha value is -2.41. The molecule has 2 aromatic rings. The second-order valence-electron chi connectivity index (χ2n) is 6.78. The molecule has 2 aromatic heterocycles. The third kappa shape index (κ3) is 3.44. The van der Waals surface area contributed by atoms with Gasteiger partial charge in [0.15, 0.2) is 5.69 Å². The summed E-state index contributed by atoms with van der Waals surface area (Å²) in [5.74, 6) is -0.300. The van der Waals surface area contributed by atoms with E-state index >= 15 is 0 Å². The van der Waals surface area contributed by atoms with Crippen molar-refractivity contribution in [3.8, 4) is 5.88 Å². The minimum atomic E-state index is -0.950. The van der Waals surface area contributed by atoms with Gasteiger partial charge in [-0.1, -0.05) is 0 Å². The topological polar surface area (TPSA) is 89.3 Å². The molecule has 3 rings (SSSR count). The molecule has 26 heavy (non-hydrogen) atoms. The van der Waals surface area contributed by atoms with Crippen molar-refractivity contribution in [3.63, 3.8) is 0 Å². The fourth-order valence-corrected chi connectivity index (χ4v) is 3.75. The molecule has 0 bridgehead atoms. The second-order valence-corrected chi connectivity index (χ2v) is 6.78. The lowest BCUT2D eigenvalue weighted by molar-refractivity contribution is 0.0688. The van der Waals surface area contributed by atoms with Gasteiger partial charge in [-0.3, -0.25) is 4.68 Å². The Labute approximate surface area is 153 Å². The maximum atomic E-state index is 11.5. The van der Waals surface area contributed by atoms with Crippen LogP contribution in [-0.4, -0.2) is 39.0 Å². The standard InChI is InChI=1S/C19H26N4O3/c1-5-23-16-7-6-13(9-14(16)17(22-23)19(24)25)20-10-15-11(2)8-12(3)21-18(15)26-4/h8,13,20H,5-7,9-10H2,1-4H3,(H,24,25)/t13-/m1/s1. The molecular weight excluding hydrogens is 332 g/mol. The number of aromatic carboxylic acids is 1. The summed E-state index contributed by atoms with van der Waals surface area (Å²) in [6.07, 6.45) is 2.47. The summed E-state index contributed by atoms with van der Waals surface area (Å²) in [5, 5.41) is 17.3. The van der Waals surface area contributed by atoms with Crippen LogP contribution in [0.2, 0.25) is 0 Å². The fourth-order valence-electron chi connectivity index (χ4n) is 3.75. The van der Waals surface area contributed by atoms with E-state index in [0.717, 1.165) is 40.9 Å². The summed E-state index contributed by atoms with van der Waals surface area (Å²) in [7, 11) is 1.63. The Morgan fingerprint density at radius 1 is 1.46 bits per heavy atom. The van der Waals surface area contributed by atoms with E-state index in [1.165, 1.54) is 0 Å². The number of carboxylic acids is 1. The summed E-state index contributed by atoms with van der Waals surface area (Å²) < 4.78 is 7.25. The van der Waals surface area contributed by atoms with Crippen LogP contribution in [0.5, 0.6) is 5.88 Å². The van der Waals surface area contributed by atoms with Crippen LogP contribution < -0.4 is 10.1 Å². The molecule has 1 aliphatic carbocycles. The molecule has 0 amide bonds. The molecule has 0 saturated carbocycles. The largest absolute Gasteiger partial charge is 0.481 e. The zero-order valence-corrected chi connectivity index (χ0v) is 15.8. The van der Waals surface area contributed by atoms with E-state index in [2.05, 4.69) is 22.3 Å². The number of nitrogens with one attached hydrogen (secondary N) is 1. The number of ether oxygens (including phenoxy) is 1. The Kier molecular flexibility index (Phi) is 5.27. The van der Waals surface area contributed by atoms with Crippen LogP contribution >= 0.6 is 0 Å². The summed E-state index contributed by atoms with van der Waals surface area (Å²) >= 11 is 0. The van der Waals surface area contributed by atoms with Gasteiger partial charge in [-0.25, -0.2) is 9.78 Å². The van der Waals surface area contributed by atoms with Crippen LogP contribution in [-0.2, 0) is 25.9 Å². The molecule has 0 unspecified atom stereocenters. The number of fused-ring (bicyclic) bond motifs is 1. The van der Waals surface area contributed by atoms with E-state index in [1.54, 1.807) is 7.11 Å². The highest BCUT2D eigenvalue weighted by atomic mass is 16.5. The van der Waals surface area contributed by atoms with Crippen molar-refractivity contribution in [2.75, 3.05) is 7.11 Å². The van der Waals surface area contributed by atoms with Gasteiger partial charge >= 0.3 is 5.97 Å². The zero-order valence-electron chi connectivity index (χ0n) is 15.8. The maximum absolute atomic E-state index is 11.5. The van der Waals surface area contributed by atoms with Crippen LogP contribution in [0.25, 0.3) is 0 Å². The summed E-state index contributed by atoms with van der Waals surface area (Å²) in [5.41, 5.74) is 5.25. The number of pyridine rings is 1. The lowest BCUT2D eigenvalue weighted by Gasteiger charge is -2.25. The number of carboxylic acid groups (broad SMARTS) is 1. The lowest BCUT2D eigenvalue weighted by atomic mass is 9.91. The van der Waals surface area contributed by atoms with Crippen molar-refractivity contribution < 1.29 is 14.6 Å². The van der Waals surface area contributed by atoms with Crippen molar-refractivity contribution in [3.05, 3.63) is 39.8 Å². The summed E-state index contributed by atoms with van der Waals surface area (Å²) in [6.45, 7) is 7.34. The molecule has 0 aliphatic heterocycles. The van der Waals surface area contributed by atoms with E-state index in [0.29, 0.717) is 25.4 Å². The van der Waals surface area contributed by atoms with Crippen molar-refractivity contribution in [1.82, 2.24) is 20.1 Å². The lowest BCUT2D eigenvalue weighted by Crippen LogP contribution is -2.35. The number of methoxy groups -OCH3 is 1. The van der Waals surface area contributed by atoms with Gasteiger partial charge in [0.25, 0.3) is 0 Å². The maximum Gasteiger partial charge on any atom is 0.356 e. The van der Waals surface area contributed by atoms with Crippen LogP contribution in [0, 0.1) is 13.8 Å². The second kappa shape index (κ2) is 7.45. The minimum Gasteiger partial charge on any atom is -0.481 e. The van der Waals surface area contributed by atoms with E-state index in [1.807, 2.05) is 24.6 Å². The van der Waals surface area contributed by atoms with Gasteiger partial charge in [0.05, 0.1) is 7.11 Å². The Balaban J connectivity index is 1.77. The molecule has 2 N–H and O–H groups in total. The highest BCUT2D eigenvalue weighted by Gasteiger charge is 2.28. The average Bonchev–Trinajstić information content (AvgIpc) is 2.98. The van der Waals surface area contributed by atoms with Gasteiger partial charge in [-0.15, -0.1) is 0 Å². The van der Waals surface area contributed by atoms with Crippen LogP contribution in [0.4, 0.5) is 0 Å². The predicted octanol–water partition coefficient (Wildman–Crippen LogP) is 2.27. The smallest absolute Gasteiger partial charge is 0.356 e. The number of nitrogens with zero attached hydrogens (tertiary/aromatic N) is 3. The SMILES string of the molecule is CCn1nc(C(=O)O)c2c1CC[C@@H](NCc1c(C)cc(C)nc1OC)C2. The van der Waals surface area contributed by atoms with Crippen LogP contribution in [0.3, 0.4) is 0 Å². The highest BCUT2D eigenvalue weighted by Crippen LogP contribution is 2.26. The first kappa shape index (κ1) is 18.4. The van der Waals surface area contributed by atoms with Gasteiger partial charge < -0.3 is 15.2 Å². The minimum absolute atomic E-state index is 0.194. The first-order valence-corrected chi connectivity index (χ1v) is 9.00. The molecule has 7 heteroatoms. The first-order chi connectivity index (χ1) is 12.4. The van der Waals surface area contributed by atoms with Gasteiger partial charge in [0.2, 0.25) is 5.88 Å². The van der Waals surface area contributed by atoms with E-state index in [9.17, 15) is 9.90 Å². The van der Waals surface area contributed by atoms with E-state index in [4.69, 9.17) is 4.74 Å². The van der Waals surface area contributed by atoms with Crippen LogP contribution in [0.1, 0.15) is 51.9 Å². The van der Waals surface area contributed by atoms with Crippen molar-refractivity contribution in [1.29, 1.82) is 0 Å². The molecule has 7 nitrogen and oxygen atoms in total. The van der Waals surface area contributed by atoms with E-state index < -0.39 is 5.97 Å². The number of aryl methyl sites for hydroxylation is 3. The van der Waals surface area contributed by atoms with E-state index in [-0.39, 0.29) is 11.7 Å². The first-order valence-electron chi connectivity index (χ1n) is 9.00.